The molecular weight excluding hydrogens is 539 g/mol. The van der Waals surface area contributed by atoms with E-state index >= 15 is 0 Å². The van der Waals surface area contributed by atoms with Gasteiger partial charge in [-0.05, 0) is 73.0 Å². The van der Waals surface area contributed by atoms with Crippen LogP contribution in [0.3, 0.4) is 0 Å². The third kappa shape index (κ3) is 5.72. The summed E-state index contributed by atoms with van der Waals surface area (Å²) in [6.07, 6.45) is 1.77. The fourth-order valence-electron chi connectivity index (χ4n) is 4.36. The lowest BCUT2D eigenvalue weighted by Crippen LogP contribution is -2.39. The molecule has 1 aliphatic rings. The van der Waals surface area contributed by atoms with Gasteiger partial charge in [0.1, 0.15) is 18.2 Å². The zero-order valence-electron chi connectivity index (χ0n) is 21.2. The molecule has 0 saturated carbocycles. The Hall–Kier alpha value is -4.01. The Morgan fingerprint density at radius 3 is 2.56 bits per heavy atom. The summed E-state index contributed by atoms with van der Waals surface area (Å²) in [5.74, 6) is -0.292. The van der Waals surface area contributed by atoms with Gasteiger partial charge in [0.25, 0.3) is 5.56 Å². The number of hydrogen-bond acceptors (Lipinski definition) is 6. The molecule has 1 atom stereocenters. The van der Waals surface area contributed by atoms with Crippen molar-refractivity contribution in [2.24, 2.45) is 4.99 Å². The second-order valence-corrected chi connectivity index (χ2v) is 10.3. The first kappa shape index (κ1) is 26.6. The predicted octanol–water partition coefficient (Wildman–Crippen LogP) is 5.17. The SMILES string of the molecule is CCOC(=O)C1=C(C)N=c2s/c(=C\c3ccc(OCc4cccc(Cl)c4)cc3)c(=O)n2[C@H]1c1ccc(F)cc1. The van der Waals surface area contributed by atoms with E-state index in [-0.39, 0.29) is 17.7 Å². The molecule has 1 aromatic heterocycles. The van der Waals surface area contributed by atoms with Gasteiger partial charge in [0.15, 0.2) is 4.80 Å². The number of allylic oxidation sites excluding steroid dienone is 1. The van der Waals surface area contributed by atoms with E-state index < -0.39 is 17.8 Å². The molecule has 0 saturated heterocycles. The minimum absolute atomic E-state index is 0.176. The number of aromatic nitrogens is 1. The van der Waals surface area contributed by atoms with Crippen LogP contribution in [-0.2, 0) is 16.1 Å². The van der Waals surface area contributed by atoms with E-state index in [1.807, 2.05) is 48.5 Å². The lowest BCUT2D eigenvalue weighted by atomic mass is 9.96. The Kier molecular flexibility index (Phi) is 7.77. The average Bonchev–Trinajstić information content (AvgIpc) is 3.22. The quantitative estimate of drug-likeness (QED) is 0.291. The molecule has 0 unspecified atom stereocenters. The van der Waals surface area contributed by atoms with E-state index in [0.29, 0.717) is 38.0 Å². The second kappa shape index (κ2) is 11.4. The van der Waals surface area contributed by atoms with Crippen LogP contribution >= 0.6 is 22.9 Å². The summed E-state index contributed by atoms with van der Waals surface area (Å²) in [4.78, 5) is 31.6. The molecule has 39 heavy (non-hydrogen) atoms. The predicted molar refractivity (Wildman–Crippen MR) is 149 cm³/mol. The summed E-state index contributed by atoms with van der Waals surface area (Å²) in [5, 5.41) is 0.652. The maximum absolute atomic E-state index is 13.7. The van der Waals surface area contributed by atoms with Crippen molar-refractivity contribution in [2.75, 3.05) is 6.61 Å². The van der Waals surface area contributed by atoms with Crippen molar-refractivity contribution in [3.63, 3.8) is 0 Å². The molecule has 0 bridgehead atoms. The van der Waals surface area contributed by atoms with Crippen LogP contribution in [0.2, 0.25) is 5.02 Å². The molecule has 5 rings (SSSR count). The van der Waals surface area contributed by atoms with Crippen molar-refractivity contribution in [1.29, 1.82) is 0 Å². The summed E-state index contributed by atoms with van der Waals surface area (Å²) < 4.78 is 26.8. The van der Waals surface area contributed by atoms with Crippen LogP contribution in [0.5, 0.6) is 5.75 Å². The lowest BCUT2D eigenvalue weighted by Gasteiger charge is -2.24. The van der Waals surface area contributed by atoms with Crippen LogP contribution in [0.1, 0.15) is 36.6 Å². The number of carbonyl (C=O) groups excluding carboxylic acids is 1. The molecule has 198 valence electrons. The van der Waals surface area contributed by atoms with Gasteiger partial charge in [0, 0.05) is 5.02 Å². The monoisotopic (exact) mass is 562 g/mol. The number of fused-ring (bicyclic) bond motifs is 1. The smallest absolute Gasteiger partial charge is 0.338 e. The molecule has 0 spiro atoms. The highest BCUT2D eigenvalue weighted by molar-refractivity contribution is 7.07. The van der Waals surface area contributed by atoms with Gasteiger partial charge in [-0.3, -0.25) is 9.36 Å². The third-order valence-electron chi connectivity index (χ3n) is 6.18. The second-order valence-electron chi connectivity index (χ2n) is 8.84. The fraction of sp³-hybridized carbons (Fsp3) is 0.167. The number of carbonyl (C=O) groups is 1. The zero-order valence-corrected chi connectivity index (χ0v) is 22.8. The molecule has 0 amide bonds. The average molecular weight is 563 g/mol. The van der Waals surface area contributed by atoms with Gasteiger partial charge >= 0.3 is 5.97 Å². The molecule has 6 nitrogen and oxygen atoms in total. The van der Waals surface area contributed by atoms with E-state index in [2.05, 4.69) is 4.99 Å². The van der Waals surface area contributed by atoms with Crippen LogP contribution in [0.15, 0.2) is 93.9 Å². The standard InChI is InChI=1S/C30H24ClFN2O4S/c1-3-37-29(36)26-18(2)33-30-34(27(26)21-9-11-23(32)12-10-21)28(35)25(39-30)16-19-7-13-24(14-8-19)38-17-20-5-4-6-22(31)15-20/h4-16,27H,3,17H2,1-2H3/b25-16-/t27-/m0/s1. The largest absolute Gasteiger partial charge is 0.489 e. The molecule has 4 aromatic rings. The van der Waals surface area contributed by atoms with Crippen LogP contribution < -0.4 is 19.6 Å². The molecule has 0 fully saturated rings. The van der Waals surface area contributed by atoms with Crippen molar-refractivity contribution in [3.8, 4) is 5.75 Å². The summed E-state index contributed by atoms with van der Waals surface area (Å²) in [5.41, 5.74) is 2.75. The Bertz CT molecular complexity index is 1740. The zero-order chi connectivity index (χ0) is 27.5. The Balaban J connectivity index is 1.49. The van der Waals surface area contributed by atoms with Gasteiger partial charge in [-0.15, -0.1) is 0 Å². The van der Waals surface area contributed by atoms with Crippen LogP contribution in [-0.4, -0.2) is 17.1 Å². The van der Waals surface area contributed by atoms with Crippen molar-refractivity contribution in [2.45, 2.75) is 26.5 Å². The maximum atomic E-state index is 13.7. The van der Waals surface area contributed by atoms with Gasteiger partial charge in [0.05, 0.1) is 28.5 Å². The van der Waals surface area contributed by atoms with E-state index in [9.17, 15) is 14.0 Å². The Labute approximate surface area is 232 Å². The minimum Gasteiger partial charge on any atom is -0.489 e. The summed E-state index contributed by atoms with van der Waals surface area (Å²) >= 11 is 7.26. The third-order valence-corrected chi connectivity index (χ3v) is 7.39. The fourth-order valence-corrected chi connectivity index (χ4v) is 5.62. The first-order chi connectivity index (χ1) is 18.8. The molecule has 0 aliphatic carbocycles. The first-order valence-corrected chi connectivity index (χ1v) is 13.5. The summed E-state index contributed by atoms with van der Waals surface area (Å²) in [7, 11) is 0. The molecule has 9 heteroatoms. The highest BCUT2D eigenvalue weighted by atomic mass is 35.5. The number of hydrogen-bond donors (Lipinski definition) is 0. The van der Waals surface area contributed by atoms with Gasteiger partial charge in [-0.25, -0.2) is 14.2 Å². The normalized spacial score (nSPS) is 15.1. The van der Waals surface area contributed by atoms with Gasteiger partial charge in [-0.2, -0.15) is 0 Å². The van der Waals surface area contributed by atoms with Crippen LogP contribution in [0.25, 0.3) is 6.08 Å². The Morgan fingerprint density at radius 2 is 1.87 bits per heavy atom. The molecule has 0 N–H and O–H groups in total. The first-order valence-electron chi connectivity index (χ1n) is 12.3. The molecule has 2 heterocycles. The van der Waals surface area contributed by atoms with Crippen molar-refractivity contribution < 1.29 is 18.7 Å². The van der Waals surface area contributed by atoms with E-state index in [1.54, 1.807) is 32.1 Å². The number of rotatable bonds is 7. The van der Waals surface area contributed by atoms with E-state index in [1.165, 1.54) is 28.0 Å². The number of nitrogens with zero attached hydrogens (tertiary/aromatic N) is 2. The van der Waals surface area contributed by atoms with E-state index in [4.69, 9.17) is 21.1 Å². The number of halogens is 2. The number of thiazole rings is 1. The van der Waals surface area contributed by atoms with Crippen molar-refractivity contribution >= 4 is 35.0 Å². The molecule has 3 aromatic carbocycles. The van der Waals surface area contributed by atoms with Gasteiger partial charge < -0.3 is 9.47 Å². The maximum Gasteiger partial charge on any atom is 0.338 e. The van der Waals surface area contributed by atoms with Crippen molar-refractivity contribution in [1.82, 2.24) is 4.57 Å². The van der Waals surface area contributed by atoms with Crippen LogP contribution in [0, 0.1) is 5.82 Å². The minimum atomic E-state index is -0.787. The number of esters is 1. The summed E-state index contributed by atoms with van der Waals surface area (Å²) in [6, 6.07) is 19.8. The van der Waals surface area contributed by atoms with Crippen LogP contribution in [0.4, 0.5) is 4.39 Å². The highest BCUT2D eigenvalue weighted by Gasteiger charge is 2.33. The Morgan fingerprint density at radius 1 is 1.13 bits per heavy atom. The van der Waals surface area contributed by atoms with Crippen molar-refractivity contribution in [3.05, 3.63) is 131 Å². The molecular formula is C30H24ClFN2O4S. The van der Waals surface area contributed by atoms with Gasteiger partial charge in [-0.1, -0.05) is 59.3 Å². The topological polar surface area (TPSA) is 69.9 Å². The summed E-state index contributed by atoms with van der Waals surface area (Å²) in [6.45, 7) is 3.98. The number of benzene rings is 3. The lowest BCUT2D eigenvalue weighted by molar-refractivity contribution is -0.139. The molecule has 0 radical (unpaired) electrons. The van der Waals surface area contributed by atoms with Gasteiger partial charge in [0.2, 0.25) is 0 Å². The number of ether oxygens (including phenoxy) is 2. The van der Waals surface area contributed by atoms with E-state index in [0.717, 1.165) is 11.1 Å². The highest BCUT2D eigenvalue weighted by Crippen LogP contribution is 2.30. The molecule has 1 aliphatic heterocycles.